The first-order valence-electron chi connectivity index (χ1n) is 8.48. The largest absolute Gasteiger partial charge is 0.369 e. The van der Waals surface area contributed by atoms with Crippen LogP contribution < -0.4 is 4.90 Å². The quantitative estimate of drug-likeness (QED) is 0.725. The smallest absolute Gasteiger partial charge is 0.160 e. The number of aryl methyl sites for hydroxylation is 1. The van der Waals surface area contributed by atoms with Crippen LogP contribution in [0.2, 0.25) is 0 Å². The summed E-state index contributed by atoms with van der Waals surface area (Å²) in [5, 5.41) is 1.12. The van der Waals surface area contributed by atoms with Crippen LogP contribution in [0.3, 0.4) is 0 Å². The third kappa shape index (κ3) is 2.85. The van der Waals surface area contributed by atoms with Crippen molar-refractivity contribution >= 4 is 16.6 Å². The molecule has 4 rings (SSSR count). The zero-order valence-electron chi connectivity index (χ0n) is 14.2. The number of rotatable bonds is 2. The van der Waals surface area contributed by atoms with Crippen LogP contribution in [0.25, 0.3) is 22.3 Å². The van der Waals surface area contributed by atoms with E-state index in [1.807, 2.05) is 25.1 Å². The molecule has 0 amide bonds. The molecule has 2 heterocycles. The Morgan fingerprint density at radius 3 is 2.29 bits per heavy atom. The Balaban J connectivity index is 1.63. The third-order valence-corrected chi connectivity index (χ3v) is 4.79. The number of likely N-dealkylation sites (N-methyl/N-ethyl adjacent to an activating group) is 1. The first-order chi connectivity index (χ1) is 11.7. The van der Waals surface area contributed by atoms with E-state index in [1.165, 1.54) is 5.69 Å². The minimum atomic E-state index is 0.802. The molecule has 4 nitrogen and oxygen atoms in total. The molecule has 0 bridgehead atoms. The lowest BCUT2D eigenvalue weighted by Crippen LogP contribution is -2.44. The number of piperazine rings is 1. The molecule has 0 radical (unpaired) electrons. The van der Waals surface area contributed by atoms with Crippen LogP contribution in [0.1, 0.15) is 5.69 Å². The normalized spacial score (nSPS) is 15.8. The molecule has 3 aromatic rings. The summed E-state index contributed by atoms with van der Waals surface area (Å²) in [5.74, 6) is 0.802. The number of nitrogens with zero attached hydrogens (tertiary/aromatic N) is 4. The lowest BCUT2D eigenvalue weighted by Gasteiger charge is -2.34. The van der Waals surface area contributed by atoms with Crippen LogP contribution in [0.4, 0.5) is 5.69 Å². The Hall–Kier alpha value is -2.46. The maximum absolute atomic E-state index is 4.73. The maximum Gasteiger partial charge on any atom is 0.160 e. The van der Waals surface area contributed by atoms with E-state index in [0.717, 1.165) is 54.2 Å². The SMILES string of the molecule is Cc1nc(-c2ccc(N3CCN(C)CC3)cc2)nc2ccccc12. The molecule has 2 aromatic carbocycles. The zero-order chi connectivity index (χ0) is 16.5. The van der Waals surface area contributed by atoms with Crippen LogP contribution >= 0.6 is 0 Å². The van der Waals surface area contributed by atoms with E-state index in [0.29, 0.717) is 0 Å². The molecular formula is C20H22N4. The molecule has 0 atom stereocenters. The Kier molecular flexibility index (Phi) is 3.90. The van der Waals surface area contributed by atoms with Crippen LogP contribution in [-0.4, -0.2) is 48.1 Å². The standard InChI is InChI=1S/C20H22N4/c1-15-18-5-3-4-6-19(18)22-20(21-15)16-7-9-17(10-8-16)24-13-11-23(2)12-14-24/h3-10H,11-14H2,1-2H3. The van der Waals surface area contributed by atoms with Gasteiger partial charge in [-0.05, 0) is 44.3 Å². The van der Waals surface area contributed by atoms with E-state index in [1.54, 1.807) is 0 Å². The Morgan fingerprint density at radius 1 is 0.833 bits per heavy atom. The molecule has 0 unspecified atom stereocenters. The van der Waals surface area contributed by atoms with Crippen molar-refractivity contribution in [3.05, 3.63) is 54.2 Å². The molecule has 0 saturated carbocycles. The summed E-state index contributed by atoms with van der Waals surface area (Å²) in [6, 6.07) is 16.8. The van der Waals surface area contributed by atoms with Crippen molar-refractivity contribution in [2.75, 3.05) is 38.1 Å². The van der Waals surface area contributed by atoms with E-state index in [2.05, 4.69) is 47.2 Å². The summed E-state index contributed by atoms with van der Waals surface area (Å²) < 4.78 is 0. The van der Waals surface area contributed by atoms with Crippen molar-refractivity contribution in [2.24, 2.45) is 0 Å². The molecule has 0 spiro atoms. The van der Waals surface area contributed by atoms with E-state index in [-0.39, 0.29) is 0 Å². The minimum Gasteiger partial charge on any atom is -0.369 e. The molecule has 1 aliphatic heterocycles. The zero-order valence-corrected chi connectivity index (χ0v) is 14.2. The van der Waals surface area contributed by atoms with Crippen LogP contribution in [0, 0.1) is 6.92 Å². The molecule has 0 aliphatic carbocycles. The van der Waals surface area contributed by atoms with Crippen molar-refractivity contribution in [1.29, 1.82) is 0 Å². The van der Waals surface area contributed by atoms with E-state index >= 15 is 0 Å². The highest BCUT2D eigenvalue weighted by Crippen LogP contribution is 2.24. The Labute approximate surface area is 142 Å². The summed E-state index contributed by atoms with van der Waals surface area (Å²) in [5.41, 5.74) is 4.38. The van der Waals surface area contributed by atoms with Gasteiger partial charge >= 0.3 is 0 Å². The van der Waals surface area contributed by atoms with Gasteiger partial charge in [-0.2, -0.15) is 0 Å². The summed E-state index contributed by atoms with van der Waals surface area (Å²) in [7, 11) is 2.18. The Bertz CT molecular complexity index is 849. The van der Waals surface area contributed by atoms with Gasteiger partial charge in [-0.25, -0.2) is 9.97 Å². The fourth-order valence-electron chi connectivity index (χ4n) is 3.25. The first kappa shape index (κ1) is 15.1. The minimum absolute atomic E-state index is 0.802. The number of fused-ring (bicyclic) bond motifs is 1. The van der Waals surface area contributed by atoms with Gasteiger partial charge in [0.1, 0.15) is 0 Å². The van der Waals surface area contributed by atoms with Crippen molar-refractivity contribution in [2.45, 2.75) is 6.92 Å². The van der Waals surface area contributed by atoms with Gasteiger partial charge in [0.15, 0.2) is 5.82 Å². The van der Waals surface area contributed by atoms with Crippen molar-refractivity contribution in [1.82, 2.24) is 14.9 Å². The number of aromatic nitrogens is 2. The first-order valence-corrected chi connectivity index (χ1v) is 8.48. The summed E-state index contributed by atoms with van der Waals surface area (Å²) in [6.45, 7) is 6.46. The summed E-state index contributed by atoms with van der Waals surface area (Å²) in [6.07, 6.45) is 0. The maximum atomic E-state index is 4.73. The van der Waals surface area contributed by atoms with Gasteiger partial charge < -0.3 is 9.80 Å². The Morgan fingerprint density at radius 2 is 1.54 bits per heavy atom. The van der Waals surface area contributed by atoms with Gasteiger partial charge in [-0.1, -0.05) is 18.2 Å². The lowest BCUT2D eigenvalue weighted by molar-refractivity contribution is 0.313. The monoisotopic (exact) mass is 318 g/mol. The van der Waals surface area contributed by atoms with Gasteiger partial charge in [-0.3, -0.25) is 0 Å². The number of para-hydroxylation sites is 1. The molecule has 1 aromatic heterocycles. The van der Waals surface area contributed by atoms with E-state index in [9.17, 15) is 0 Å². The number of anilines is 1. The highest BCUT2D eigenvalue weighted by molar-refractivity contribution is 5.82. The highest BCUT2D eigenvalue weighted by Gasteiger charge is 2.14. The molecule has 1 saturated heterocycles. The average molecular weight is 318 g/mol. The van der Waals surface area contributed by atoms with Crippen molar-refractivity contribution < 1.29 is 0 Å². The van der Waals surface area contributed by atoms with E-state index in [4.69, 9.17) is 9.97 Å². The number of hydrogen-bond acceptors (Lipinski definition) is 4. The van der Waals surface area contributed by atoms with Gasteiger partial charge in [0.05, 0.1) is 5.52 Å². The molecule has 122 valence electrons. The van der Waals surface area contributed by atoms with Gasteiger partial charge in [0.2, 0.25) is 0 Å². The molecule has 1 fully saturated rings. The van der Waals surface area contributed by atoms with Gasteiger partial charge in [0, 0.05) is 48.5 Å². The predicted molar refractivity (Wildman–Crippen MR) is 99.4 cm³/mol. The van der Waals surface area contributed by atoms with Crippen LogP contribution in [-0.2, 0) is 0 Å². The molecule has 24 heavy (non-hydrogen) atoms. The average Bonchev–Trinajstić information content (AvgIpc) is 2.62. The molecule has 0 N–H and O–H groups in total. The second-order valence-corrected chi connectivity index (χ2v) is 6.49. The highest BCUT2D eigenvalue weighted by atomic mass is 15.2. The van der Waals surface area contributed by atoms with Crippen LogP contribution in [0.5, 0.6) is 0 Å². The predicted octanol–water partition coefficient (Wildman–Crippen LogP) is 3.36. The third-order valence-electron chi connectivity index (χ3n) is 4.79. The molecule has 1 aliphatic rings. The number of hydrogen-bond donors (Lipinski definition) is 0. The van der Waals surface area contributed by atoms with Crippen LogP contribution in [0.15, 0.2) is 48.5 Å². The summed E-state index contributed by atoms with van der Waals surface area (Å²) >= 11 is 0. The van der Waals surface area contributed by atoms with Crippen molar-refractivity contribution in [3.8, 4) is 11.4 Å². The van der Waals surface area contributed by atoms with Crippen molar-refractivity contribution in [3.63, 3.8) is 0 Å². The fourth-order valence-corrected chi connectivity index (χ4v) is 3.25. The molecule has 4 heteroatoms. The molecular weight excluding hydrogens is 296 g/mol. The second-order valence-electron chi connectivity index (χ2n) is 6.49. The summed E-state index contributed by atoms with van der Waals surface area (Å²) in [4.78, 5) is 14.2. The topological polar surface area (TPSA) is 32.3 Å². The second kappa shape index (κ2) is 6.21. The van der Waals surface area contributed by atoms with Gasteiger partial charge in [0.25, 0.3) is 0 Å². The number of benzene rings is 2. The van der Waals surface area contributed by atoms with E-state index < -0.39 is 0 Å². The fraction of sp³-hybridized carbons (Fsp3) is 0.300. The van der Waals surface area contributed by atoms with Gasteiger partial charge in [-0.15, -0.1) is 0 Å². The lowest BCUT2D eigenvalue weighted by atomic mass is 10.1.